The lowest BCUT2D eigenvalue weighted by Crippen LogP contribution is -2.11. The molecule has 11 nitrogen and oxygen atoms in total. The molecule has 4 aromatic rings. The number of benzene rings is 4. The zero-order valence-corrected chi connectivity index (χ0v) is 23.9. The van der Waals surface area contributed by atoms with Crippen LogP contribution >= 0.6 is 0 Å². The van der Waals surface area contributed by atoms with Crippen LogP contribution in [0.3, 0.4) is 0 Å². The van der Waals surface area contributed by atoms with Crippen LogP contribution in [0, 0.1) is 0 Å². The fourth-order valence-electron chi connectivity index (χ4n) is 3.59. The lowest BCUT2D eigenvalue weighted by atomic mass is 10.2. The molecule has 11 heteroatoms. The van der Waals surface area contributed by atoms with Gasteiger partial charge in [0.25, 0.3) is 0 Å². The van der Waals surface area contributed by atoms with Crippen molar-refractivity contribution in [2.75, 3.05) is 13.4 Å². The van der Waals surface area contributed by atoms with Gasteiger partial charge < -0.3 is 28.4 Å². The lowest BCUT2D eigenvalue weighted by Gasteiger charge is -2.08. The summed E-state index contributed by atoms with van der Waals surface area (Å²) in [6.07, 6.45) is 1.01. The second-order valence-corrected chi connectivity index (χ2v) is 8.92. The summed E-state index contributed by atoms with van der Waals surface area (Å²) in [5.41, 5.74) is 0.988. The number of hydrogen-bond acceptors (Lipinski definition) is 11. The molecule has 0 unspecified atom stereocenters. The Morgan fingerprint density at radius 2 is 0.844 bits per heavy atom. The van der Waals surface area contributed by atoms with Crippen LogP contribution in [0.5, 0.6) is 23.0 Å². The molecule has 228 valence electrons. The van der Waals surface area contributed by atoms with E-state index in [-0.39, 0.29) is 47.3 Å². The van der Waals surface area contributed by atoms with Crippen molar-refractivity contribution in [3.8, 4) is 23.0 Å². The van der Waals surface area contributed by atoms with Gasteiger partial charge in [0.05, 0.1) is 28.9 Å². The van der Waals surface area contributed by atoms with Crippen LogP contribution in [0.4, 0.5) is 0 Å². The van der Waals surface area contributed by atoms with Gasteiger partial charge in [0.15, 0.2) is 0 Å². The summed E-state index contributed by atoms with van der Waals surface area (Å²) in [6.45, 7) is 4.93. The minimum Gasteiger partial charge on any atom is -0.462 e. The van der Waals surface area contributed by atoms with Crippen LogP contribution in [0.2, 0.25) is 0 Å². The van der Waals surface area contributed by atoms with E-state index in [4.69, 9.17) is 28.4 Å². The highest BCUT2D eigenvalue weighted by atomic mass is 16.7. The molecule has 0 amide bonds. The highest BCUT2D eigenvalue weighted by Crippen LogP contribution is 2.20. The predicted molar refractivity (Wildman–Crippen MR) is 158 cm³/mol. The van der Waals surface area contributed by atoms with Crippen LogP contribution in [0.1, 0.15) is 48.4 Å². The van der Waals surface area contributed by atoms with Crippen molar-refractivity contribution >= 4 is 29.8 Å². The molecule has 0 aliphatic heterocycles. The first-order chi connectivity index (χ1) is 21.7. The van der Waals surface area contributed by atoms with E-state index in [1.807, 2.05) is 0 Å². The van der Waals surface area contributed by atoms with Crippen LogP contribution in [0.25, 0.3) is 0 Å². The summed E-state index contributed by atoms with van der Waals surface area (Å²) in [6, 6.07) is 23.5. The molecule has 0 saturated carbocycles. The monoisotopic (exact) mass is 610 g/mol. The van der Waals surface area contributed by atoms with Crippen molar-refractivity contribution in [3.05, 3.63) is 132 Å². The highest BCUT2D eigenvalue weighted by molar-refractivity contribution is 5.94. The molecule has 0 bridgehead atoms. The molecule has 0 atom stereocenters. The van der Waals surface area contributed by atoms with Gasteiger partial charge in [0.2, 0.25) is 6.79 Å². The average molecular weight is 611 g/mol. The maximum absolute atomic E-state index is 12.6. The quantitative estimate of drug-likeness (QED) is 0.0858. The largest absolute Gasteiger partial charge is 0.462 e. The van der Waals surface area contributed by atoms with E-state index in [1.165, 1.54) is 97.1 Å². The molecule has 45 heavy (non-hydrogen) atoms. The number of carbonyl (C=O) groups is 5. The third kappa shape index (κ3) is 9.13. The summed E-state index contributed by atoms with van der Waals surface area (Å²) in [5, 5.41) is 0. The van der Waals surface area contributed by atoms with Gasteiger partial charge in [0, 0.05) is 6.08 Å². The second-order valence-electron chi connectivity index (χ2n) is 8.92. The number of carbonyl (C=O) groups excluding carboxylic acids is 5. The van der Waals surface area contributed by atoms with E-state index in [9.17, 15) is 24.0 Å². The first-order valence-electron chi connectivity index (χ1n) is 13.4. The van der Waals surface area contributed by atoms with Crippen molar-refractivity contribution in [2.24, 2.45) is 0 Å². The van der Waals surface area contributed by atoms with Gasteiger partial charge in [-0.2, -0.15) is 0 Å². The second kappa shape index (κ2) is 15.3. The van der Waals surface area contributed by atoms with E-state index in [2.05, 4.69) is 6.58 Å². The van der Waals surface area contributed by atoms with Gasteiger partial charge >= 0.3 is 29.8 Å². The van der Waals surface area contributed by atoms with Crippen LogP contribution in [0.15, 0.2) is 110 Å². The Morgan fingerprint density at radius 3 is 1.18 bits per heavy atom. The van der Waals surface area contributed by atoms with Crippen LogP contribution in [-0.4, -0.2) is 43.2 Å². The Balaban J connectivity index is 1.26. The van der Waals surface area contributed by atoms with E-state index < -0.39 is 29.8 Å². The van der Waals surface area contributed by atoms with E-state index in [0.29, 0.717) is 11.3 Å². The third-order valence-corrected chi connectivity index (χ3v) is 5.86. The predicted octanol–water partition coefficient (Wildman–Crippen LogP) is 5.59. The minimum absolute atomic E-state index is 0.192. The molecule has 0 fully saturated rings. The number of ether oxygens (including phenoxy) is 6. The zero-order valence-electron chi connectivity index (χ0n) is 23.9. The van der Waals surface area contributed by atoms with Gasteiger partial charge in [-0.05, 0) is 104 Å². The SMILES string of the molecule is C=CC(=O)OCOc1ccc(C(=O)Oc2ccc(C(=O)Oc3ccc(C(=O)Oc4ccc(C(=O)OCC)cc4)cc3)cc2)cc1. The van der Waals surface area contributed by atoms with E-state index in [1.54, 1.807) is 6.92 Å². The minimum atomic E-state index is -0.667. The standard InChI is InChI=1S/C34H26O11/c1-3-30(35)42-21-41-26-13-5-23(6-14-26)32(37)44-28-17-9-25(10-18-28)34(39)45-29-19-11-24(12-20-29)33(38)43-27-15-7-22(8-16-27)31(36)40-4-2/h3,5-20H,1,4,21H2,2H3. The molecule has 0 heterocycles. The average Bonchev–Trinajstić information content (AvgIpc) is 3.06. The summed E-state index contributed by atoms with van der Waals surface area (Å²) in [4.78, 5) is 60.4. The van der Waals surface area contributed by atoms with E-state index >= 15 is 0 Å². The van der Waals surface area contributed by atoms with Gasteiger partial charge in [-0.3, -0.25) is 0 Å². The zero-order chi connectivity index (χ0) is 32.2. The fourth-order valence-corrected chi connectivity index (χ4v) is 3.59. The first-order valence-corrected chi connectivity index (χ1v) is 13.4. The van der Waals surface area contributed by atoms with Crippen molar-refractivity contribution in [1.29, 1.82) is 0 Å². The third-order valence-electron chi connectivity index (χ3n) is 5.86. The van der Waals surface area contributed by atoms with E-state index in [0.717, 1.165) is 6.08 Å². The van der Waals surface area contributed by atoms with Gasteiger partial charge in [-0.15, -0.1) is 0 Å². The fraction of sp³-hybridized carbons (Fsp3) is 0.0882. The Hall–Kier alpha value is -6.23. The summed E-state index contributed by atoms with van der Waals surface area (Å²) in [5.74, 6) is -2.03. The molecular weight excluding hydrogens is 584 g/mol. The molecule has 0 aliphatic carbocycles. The Labute approximate surface area is 257 Å². The van der Waals surface area contributed by atoms with Gasteiger partial charge in [-0.25, -0.2) is 24.0 Å². The molecule has 0 aliphatic rings. The van der Waals surface area contributed by atoms with Crippen LogP contribution < -0.4 is 18.9 Å². The molecular formula is C34H26O11. The maximum Gasteiger partial charge on any atom is 0.343 e. The molecule has 0 N–H and O–H groups in total. The van der Waals surface area contributed by atoms with Crippen LogP contribution in [-0.2, 0) is 14.3 Å². The number of esters is 5. The van der Waals surface area contributed by atoms with Crippen molar-refractivity contribution < 1.29 is 52.4 Å². The summed E-state index contributed by atoms with van der Waals surface area (Å²) < 4.78 is 30.9. The van der Waals surface area contributed by atoms with Crippen molar-refractivity contribution in [2.45, 2.75) is 6.92 Å². The first kappa shape index (κ1) is 31.7. The molecule has 4 rings (SSSR count). The molecule has 0 saturated heterocycles. The smallest absolute Gasteiger partial charge is 0.343 e. The molecule has 0 spiro atoms. The molecule has 0 radical (unpaired) electrons. The summed E-state index contributed by atoms with van der Waals surface area (Å²) >= 11 is 0. The number of hydrogen-bond donors (Lipinski definition) is 0. The van der Waals surface area contributed by atoms with Gasteiger partial charge in [0.1, 0.15) is 23.0 Å². The van der Waals surface area contributed by atoms with Crippen molar-refractivity contribution in [1.82, 2.24) is 0 Å². The molecule has 4 aromatic carbocycles. The van der Waals surface area contributed by atoms with Gasteiger partial charge in [-0.1, -0.05) is 6.58 Å². The Morgan fingerprint density at radius 1 is 0.511 bits per heavy atom. The summed E-state index contributed by atoms with van der Waals surface area (Å²) in [7, 11) is 0. The van der Waals surface area contributed by atoms with Crippen molar-refractivity contribution in [3.63, 3.8) is 0 Å². The maximum atomic E-state index is 12.6. The normalized spacial score (nSPS) is 10.2. The lowest BCUT2D eigenvalue weighted by molar-refractivity contribution is -0.144. The topological polar surface area (TPSA) is 141 Å². The molecule has 0 aromatic heterocycles. The number of rotatable bonds is 12. The highest BCUT2D eigenvalue weighted by Gasteiger charge is 2.14. The Bertz CT molecular complexity index is 1670. The Kier molecular flexibility index (Phi) is 10.8.